The fourth-order valence-corrected chi connectivity index (χ4v) is 3.76. The van der Waals surface area contributed by atoms with Crippen molar-refractivity contribution in [1.29, 1.82) is 0 Å². The van der Waals surface area contributed by atoms with Gasteiger partial charge in [-0.2, -0.15) is 0 Å². The van der Waals surface area contributed by atoms with Crippen LogP contribution in [0.4, 0.5) is 0 Å². The van der Waals surface area contributed by atoms with Gasteiger partial charge in [0, 0.05) is 26.7 Å². The Kier molecular flexibility index (Phi) is 10.5. The van der Waals surface area contributed by atoms with E-state index >= 15 is 0 Å². The number of hydrogen-bond donors (Lipinski definition) is 1. The van der Waals surface area contributed by atoms with E-state index in [9.17, 15) is 4.79 Å². The van der Waals surface area contributed by atoms with Crippen molar-refractivity contribution in [2.75, 3.05) is 26.7 Å². The van der Waals surface area contributed by atoms with E-state index in [1.165, 1.54) is 5.56 Å². The fourth-order valence-electron chi connectivity index (χ4n) is 3.76. The number of halogens is 2. The molecule has 2 aromatic carbocycles. The third-order valence-electron chi connectivity index (χ3n) is 5.14. The normalized spacial score (nSPS) is 17.3. The second-order valence-electron chi connectivity index (χ2n) is 7.39. The second-order valence-corrected chi connectivity index (χ2v) is 7.39. The minimum Gasteiger partial charge on any atom is -0.344 e. The molecule has 2 N–H and O–H groups in total. The highest BCUT2D eigenvalue weighted by atomic mass is 35.5. The van der Waals surface area contributed by atoms with E-state index in [0.717, 1.165) is 38.2 Å². The van der Waals surface area contributed by atoms with Crippen molar-refractivity contribution < 1.29 is 4.79 Å². The Morgan fingerprint density at radius 3 is 2.25 bits per heavy atom. The zero-order valence-electron chi connectivity index (χ0n) is 16.4. The van der Waals surface area contributed by atoms with E-state index in [0.29, 0.717) is 12.3 Å². The molecule has 1 heterocycles. The minimum absolute atomic E-state index is 0. The van der Waals surface area contributed by atoms with Gasteiger partial charge in [-0.25, -0.2) is 0 Å². The van der Waals surface area contributed by atoms with Crippen molar-refractivity contribution >= 4 is 30.7 Å². The van der Waals surface area contributed by atoms with Crippen LogP contribution in [0.25, 0.3) is 0 Å². The number of benzene rings is 2. The van der Waals surface area contributed by atoms with Gasteiger partial charge in [-0.1, -0.05) is 60.7 Å². The lowest BCUT2D eigenvalue weighted by Gasteiger charge is -2.24. The molecule has 6 heteroatoms. The molecular formula is C22H31Cl2N3O. The summed E-state index contributed by atoms with van der Waals surface area (Å²) in [6.07, 6.45) is 1.73. The third-order valence-corrected chi connectivity index (χ3v) is 5.14. The number of likely N-dealkylation sites (tertiary alicyclic amines) is 1. The van der Waals surface area contributed by atoms with Gasteiger partial charge in [0.05, 0.1) is 6.04 Å². The molecule has 154 valence electrons. The molecule has 2 aromatic rings. The van der Waals surface area contributed by atoms with E-state index < -0.39 is 6.04 Å². The Bertz CT molecular complexity index is 699. The summed E-state index contributed by atoms with van der Waals surface area (Å²) >= 11 is 0. The molecule has 0 spiro atoms. The van der Waals surface area contributed by atoms with Crippen LogP contribution >= 0.6 is 24.8 Å². The summed E-state index contributed by atoms with van der Waals surface area (Å²) in [4.78, 5) is 16.9. The minimum atomic E-state index is -0.468. The first-order valence-electron chi connectivity index (χ1n) is 9.42. The first-order chi connectivity index (χ1) is 12.6. The van der Waals surface area contributed by atoms with E-state index in [1.807, 2.05) is 42.3 Å². The molecule has 2 atom stereocenters. The third kappa shape index (κ3) is 7.10. The Balaban J connectivity index is 0.00000196. The first kappa shape index (κ1) is 24.4. The quantitative estimate of drug-likeness (QED) is 0.742. The molecule has 1 aliphatic rings. The highest BCUT2D eigenvalue weighted by Crippen LogP contribution is 2.19. The molecule has 0 bridgehead atoms. The van der Waals surface area contributed by atoms with Crippen molar-refractivity contribution in [2.24, 2.45) is 11.7 Å². The van der Waals surface area contributed by atoms with Crippen molar-refractivity contribution in [3.63, 3.8) is 0 Å². The van der Waals surface area contributed by atoms with Crippen LogP contribution in [0.3, 0.4) is 0 Å². The topological polar surface area (TPSA) is 49.6 Å². The molecule has 1 saturated heterocycles. The number of rotatable bonds is 7. The molecule has 0 aromatic heterocycles. The van der Waals surface area contributed by atoms with Gasteiger partial charge in [-0.3, -0.25) is 9.69 Å². The van der Waals surface area contributed by atoms with Crippen molar-refractivity contribution in [1.82, 2.24) is 9.80 Å². The van der Waals surface area contributed by atoms with Crippen LogP contribution in [0.5, 0.6) is 0 Å². The summed E-state index contributed by atoms with van der Waals surface area (Å²) in [6.45, 7) is 3.91. The summed E-state index contributed by atoms with van der Waals surface area (Å²) in [5, 5.41) is 0. The van der Waals surface area contributed by atoms with Gasteiger partial charge in [0.25, 0.3) is 0 Å². The Hall–Kier alpha value is -1.59. The average Bonchev–Trinajstić information content (AvgIpc) is 3.09. The number of likely N-dealkylation sites (N-methyl/N-ethyl adjacent to an activating group) is 1. The van der Waals surface area contributed by atoms with Gasteiger partial charge in [0.15, 0.2) is 0 Å². The molecule has 0 radical (unpaired) electrons. The first-order valence-corrected chi connectivity index (χ1v) is 9.42. The van der Waals surface area contributed by atoms with Crippen LogP contribution in [0, 0.1) is 5.92 Å². The van der Waals surface area contributed by atoms with Crippen LogP contribution in [0.15, 0.2) is 60.7 Å². The van der Waals surface area contributed by atoms with E-state index in [4.69, 9.17) is 5.73 Å². The predicted octanol–water partition coefficient (Wildman–Crippen LogP) is 3.38. The molecule has 1 fully saturated rings. The summed E-state index contributed by atoms with van der Waals surface area (Å²) in [5.74, 6) is 0.562. The van der Waals surface area contributed by atoms with Gasteiger partial charge in [-0.05, 0) is 36.4 Å². The van der Waals surface area contributed by atoms with Gasteiger partial charge in [-0.15, -0.1) is 24.8 Å². The highest BCUT2D eigenvalue weighted by molar-refractivity contribution is 5.85. The number of amides is 1. The maximum absolute atomic E-state index is 12.6. The Morgan fingerprint density at radius 2 is 1.64 bits per heavy atom. The zero-order valence-corrected chi connectivity index (χ0v) is 18.0. The maximum Gasteiger partial charge on any atom is 0.239 e. The second kappa shape index (κ2) is 12.1. The van der Waals surface area contributed by atoms with Crippen LogP contribution in [-0.4, -0.2) is 48.4 Å². The van der Waals surface area contributed by atoms with E-state index in [1.54, 1.807) is 0 Å². The SMILES string of the molecule is CN(CC1CCN(Cc2ccccc2)C1)C(=O)C(N)Cc1ccccc1.Cl.Cl. The van der Waals surface area contributed by atoms with Gasteiger partial charge in [0.1, 0.15) is 0 Å². The molecular weight excluding hydrogens is 393 g/mol. The summed E-state index contributed by atoms with van der Waals surface area (Å²) in [6, 6.07) is 20.1. The lowest BCUT2D eigenvalue weighted by molar-refractivity contribution is -0.131. The molecule has 3 rings (SSSR count). The maximum atomic E-state index is 12.6. The molecule has 28 heavy (non-hydrogen) atoms. The van der Waals surface area contributed by atoms with Crippen molar-refractivity contribution in [2.45, 2.75) is 25.4 Å². The summed E-state index contributed by atoms with van der Waals surface area (Å²) in [7, 11) is 1.88. The highest BCUT2D eigenvalue weighted by Gasteiger charge is 2.26. The summed E-state index contributed by atoms with van der Waals surface area (Å²) in [5.41, 5.74) is 8.61. The Labute approximate surface area is 180 Å². The van der Waals surface area contributed by atoms with Crippen LogP contribution in [-0.2, 0) is 17.8 Å². The van der Waals surface area contributed by atoms with Gasteiger partial charge in [0.2, 0.25) is 5.91 Å². The van der Waals surface area contributed by atoms with E-state index in [-0.39, 0.29) is 30.7 Å². The average molecular weight is 424 g/mol. The standard InChI is InChI=1S/C22H29N3O.2ClH/c1-24(22(26)21(23)14-18-8-4-2-5-9-18)15-20-12-13-25(17-20)16-19-10-6-3-7-11-19;;/h2-11,20-21H,12-17,23H2,1H3;2*1H. The lowest BCUT2D eigenvalue weighted by atomic mass is 10.0. The zero-order chi connectivity index (χ0) is 18.4. The fraction of sp³-hybridized carbons (Fsp3) is 0.409. The molecule has 4 nitrogen and oxygen atoms in total. The smallest absolute Gasteiger partial charge is 0.239 e. The van der Waals surface area contributed by atoms with Gasteiger partial charge < -0.3 is 10.6 Å². The van der Waals surface area contributed by atoms with Gasteiger partial charge >= 0.3 is 0 Å². The predicted molar refractivity (Wildman–Crippen MR) is 120 cm³/mol. The molecule has 1 aliphatic heterocycles. The van der Waals surface area contributed by atoms with Crippen molar-refractivity contribution in [3.05, 3.63) is 71.8 Å². The monoisotopic (exact) mass is 423 g/mol. The molecule has 1 amide bonds. The lowest BCUT2D eigenvalue weighted by Crippen LogP contribution is -2.45. The summed E-state index contributed by atoms with van der Waals surface area (Å²) < 4.78 is 0. The van der Waals surface area contributed by atoms with Crippen LogP contribution in [0.1, 0.15) is 17.5 Å². The molecule has 0 saturated carbocycles. The van der Waals surface area contributed by atoms with Crippen LogP contribution in [0.2, 0.25) is 0 Å². The van der Waals surface area contributed by atoms with E-state index in [2.05, 4.69) is 35.2 Å². The number of nitrogens with two attached hydrogens (primary N) is 1. The van der Waals surface area contributed by atoms with Crippen molar-refractivity contribution in [3.8, 4) is 0 Å². The number of nitrogens with zero attached hydrogens (tertiary/aromatic N) is 2. The number of carbonyl (C=O) groups is 1. The van der Waals surface area contributed by atoms with Crippen LogP contribution < -0.4 is 5.73 Å². The molecule has 0 aliphatic carbocycles. The molecule has 2 unspecified atom stereocenters. The number of hydrogen-bond acceptors (Lipinski definition) is 3. The Morgan fingerprint density at radius 1 is 1.07 bits per heavy atom. The largest absolute Gasteiger partial charge is 0.344 e. The number of carbonyl (C=O) groups excluding carboxylic acids is 1.